The van der Waals surface area contributed by atoms with Crippen molar-refractivity contribution >= 4 is 28.8 Å². The maximum Gasteiger partial charge on any atom is 0.293 e. The van der Waals surface area contributed by atoms with Gasteiger partial charge in [0.25, 0.3) is 11.6 Å². The monoisotopic (exact) mass is 353 g/mol. The van der Waals surface area contributed by atoms with Gasteiger partial charge in [0.15, 0.2) is 0 Å². The summed E-state index contributed by atoms with van der Waals surface area (Å²) in [7, 11) is 3.43. The summed E-state index contributed by atoms with van der Waals surface area (Å²) in [6.07, 6.45) is 0. The summed E-state index contributed by atoms with van der Waals surface area (Å²) in [6, 6.07) is 11.7. The van der Waals surface area contributed by atoms with Gasteiger partial charge in [-0.25, -0.2) is 0 Å². The molecule has 0 spiro atoms. The lowest BCUT2D eigenvalue weighted by Crippen LogP contribution is -2.20. The van der Waals surface area contributed by atoms with Crippen LogP contribution in [0.1, 0.15) is 15.9 Å². The molecule has 8 heteroatoms. The fourth-order valence-corrected chi connectivity index (χ4v) is 2.73. The summed E-state index contributed by atoms with van der Waals surface area (Å²) in [6.45, 7) is 1.53. The second-order valence-electron chi connectivity index (χ2n) is 6.05. The lowest BCUT2D eigenvalue weighted by molar-refractivity contribution is -0.384. The highest BCUT2D eigenvalue weighted by Crippen LogP contribution is 2.28. The van der Waals surface area contributed by atoms with Gasteiger partial charge < -0.3 is 15.5 Å². The molecule has 3 rings (SSSR count). The summed E-state index contributed by atoms with van der Waals surface area (Å²) in [4.78, 5) is 29.3. The molecule has 1 aliphatic rings. The van der Waals surface area contributed by atoms with Gasteiger partial charge in [-0.1, -0.05) is 12.1 Å². The molecule has 2 aromatic rings. The zero-order valence-electron chi connectivity index (χ0n) is 14.5. The number of hydrogen-bond acceptors (Lipinski definition) is 6. The molecule has 0 aliphatic carbocycles. The molecule has 0 aromatic heterocycles. The number of nitro groups is 1. The molecule has 0 radical (unpaired) electrons. The van der Waals surface area contributed by atoms with E-state index in [2.05, 4.69) is 15.6 Å². The lowest BCUT2D eigenvalue weighted by atomic mass is 10.1. The molecule has 2 N–H and O–H groups in total. The number of nitro benzene ring substituents is 1. The number of amidine groups is 1. The zero-order valence-corrected chi connectivity index (χ0v) is 14.5. The number of rotatable bonds is 5. The maximum absolute atomic E-state index is 12.5. The highest BCUT2D eigenvalue weighted by atomic mass is 16.6. The highest BCUT2D eigenvalue weighted by molar-refractivity contribution is 6.06. The largest absolute Gasteiger partial charge is 0.372 e. The minimum atomic E-state index is -0.489. The third kappa shape index (κ3) is 3.64. The minimum Gasteiger partial charge on any atom is -0.372 e. The van der Waals surface area contributed by atoms with Gasteiger partial charge in [-0.15, -0.1) is 0 Å². The molecule has 2 aromatic carbocycles. The smallest absolute Gasteiger partial charge is 0.293 e. The Hall–Kier alpha value is -3.42. The molecule has 1 amide bonds. The second kappa shape index (κ2) is 7.22. The molecule has 26 heavy (non-hydrogen) atoms. The number of aliphatic imine (C=N–C) groups is 1. The van der Waals surface area contributed by atoms with Crippen LogP contribution in [0.15, 0.2) is 47.5 Å². The van der Waals surface area contributed by atoms with Crippen molar-refractivity contribution in [2.45, 2.75) is 0 Å². The molecule has 0 saturated carbocycles. The second-order valence-corrected chi connectivity index (χ2v) is 6.05. The number of amides is 1. The van der Waals surface area contributed by atoms with Crippen molar-refractivity contribution in [3.8, 4) is 0 Å². The zero-order chi connectivity index (χ0) is 18.7. The Balaban J connectivity index is 1.83. The summed E-state index contributed by atoms with van der Waals surface area (Å²) < 4.78 is 0. The van der Waals surface area contributed by atoms with Crippen molar-refractivity contribution < 1.29 is 9.72 Å². The topological polar surface area (TPSA) is 99.9 Å². The number of nitrogens with zero attached hydrogens (tertiary/aromatic N) is 3. The molecule has 0 unspecified atom stereocenters. The van der Waals surface area contributed by atoms with E-state index in [0.29, 0.717) is 11.4 Å². The first-order valence-corrected chi connectivity index (χ1v) is 8.11. The van der Waals surface area contributed by atoms with Crippen LogP contribution in [0.4, 0.5) is 17.1 Å². The average Bonchev–Trinajstić information content (AvgIpc) is 3.16. The van der Waals surface area contributed by atoms with Crippen LogP contribution in [-0.2, 0) is 0 Å². The Morgan fingerprint density at radius 2 is 2.08 bits per heavy atom. The quantitative estimate of drug-likeness (QED) is 0.634. The van der Waals surface area contributed by atoms with Crippen molar-refractivity contribution in [1.82, 2.24) is 5.32 Å². The van der Waals surface area contributed by atoms with E-state index in [-0.39, 0.29) is 11.3 Å². The van der Waals surface area contributed by atoms with Gasteiger partial charge in [0.05, 0.1) is 11.5 Å². The third-order valence-electron chi connectivity index (χ3n) is 3.98. The van der Waals surface area contributed by atoms with Crippen LogP contribution in [0.5, 0.6) is 0 Å². The van der Waals surface area contributed by atoms with Crippen molar-refractivity contribution in [2.24, 2.45) is 4.99 Å². The molecule has 1 aliphatic heterocycles. The Labute approximate surface area is 150 Å². The van der Waals surface area contributed by atoms with Crippen LogP contribution in [-0.4, -0.2) is 43.9 Å². The average molecular weight is 353 g/mol. The van der Waals surface area contributed by atoms with E-state index in [4.69, 9.17) is 0 Å². The van der Waals surface area contributed by atoms with Crippen LogP contribution in [0.25, 0.3) is 0 Å². The Kier molecular flexibility index (Phi) is 4.83. The SMILES string of the molecule is CN(C)c1ccc(C(=O)Nc2cccc(C3=NCCN3)c2)cc1[N+](=O)[O-]. The van der Waals surface area contributed by atoms with Gasteiger partial charge in [-0.3, -0.25) is 19.9 Å². The maximum atomic E-state index is 12.5. The predicted molar refractivity (Wildman–Crippen MR) is 101 cm³/mol. The third-order valence-corrected chi connectivity index (χ3v) is 3.98. The van der Waals surface area contributed by atoms with Gasteiger partial charge in [0.1, 0.15) is 11.5 Å². The first-order valence-electron chi connectivity index (χ1n) is 8.11. The summed E-state index contributed by atoms with van der Waals surface area (Å²) in [5, 5.41) is 17.2. The minimum absolute atomic E-state index is 0.110. The molecule has 0 atom stereocenters. The van der Waals surface area contributed by atoms with Crippen LogP contribution in [0.2, 0.25) is 0 Å². The number of anilines is 2. The molecule has 8 nitrogen and oxygen atoms in total. The fourth-order valence-electron chi connectivity index (χ4n) is 2.73. The lowest BCUT2D eigenvalue weighted by Gasteiger charge is -2.13. The van der Waals surface area contributed by atoms with Gasteiger partial charge in [-0.05, 0) is 24.3 Å². The highest BCUT2D eigenvalue weighted by Gasteiger charge is 2.19. The number of carbonyl (C=O) groups is 1. The standard InChI is InChI=1S/C18H19N5O3/c1-22(2)15-7-6-13(11-16(15)23(25)26)18(24)21-14-5-3-4-12(10-14)17-19-8-9-20-17/h3-7,10-11H,8-9H2,1-2H3,(H,19,20)(H,21,24). The van der Waals surface area contributed by atoms with Crippen LogP contribution >= 0.6 is 0 Å². The summed E-state index contributed by atoms with van der Waals surface area (Å²) >= 11 is 0. The number of benzene rings is 2. The summed E-state index contributed by atoms with van der Waals surface area (Å²) in [5.74, 6) is 0.393. The van der Waals surface area contributed by atoms with Crippen LogP contribution in [0.3, 0.4) is 0 Å². The van der Waals surface area contributed by atoms with Crippen molar-refractivity contribution in [1.29, 1.82) is 0 Å². The van der Waals surface area contributed by atoms with Gasteiger partial charge in [0, 0.05) is 43.5 Å². The molecule has 1 heterocycles. The Morgan fingerprint density at radius 3 is 2.73 bits per heavy atom. The number of nitrogens with one attached hydrogen (secondary N) is 2. The molecule has 0 saturated heterocycles. The molecule has 0 bridgehead atoms. The van der Waals surface area contributed by atoms with Crippen molar-refractivity contribution in [2.75, 3.05) is 37.4 Å². The Bertz CT molecular complexity index is 892. The van der Waals surface area contributed by atoms with E-state index in [1.807, 2.05) is 18.2 Å². The van der Waals surface area contributed by atoms with E-state index >= 15 is 0 Å². The first kappa shape index (κ1) is 17.4. The molecule has 0 fully saturated rings. The van der Waals surface area contributed by atoms with Crippen molar-refractivity contribution in [3.05, 3.63) is 63.7 Å². The van der Waals surface area contributed by atoms with Crippen LogP contribution < -0.4 is 15.5 Å². The Morgan fingerprint density at radius 1 is 1.27 bits per heavy atom. The van der Waals surface area contributed by atoms with E-state index in [1.54, 1.807) is 37.2 Å². The fraction of sp³-hybridized carbons (Fsp3) is 0.222. The van der Waals surface area contributed by atoms with Crippen LogP contribution in [0, 0.1) is 10.1 Å². The van der Waals surface area contributed by atoms with E-state index in [0.717, 1.165) is 24.5 Å². The normalized spacial score (nSPS) is 12.9. The van der Waals surface area contributed by atoms with E-state index in [1.165, 1.54) is 6.07 Å². The first-order chi connectivity index (χ1) is 12.5. The molecular formula is C18H19N5O3. The van der Waals surface area contributed by atoms with E-state index in [9.17, 15) is 14.9 Å². The number of carbonyl (C=O) groups excluding carboxylic acids is 1. The van der Waals surface area contributed by atoms with Crippen molar-refractivity contribution in [3.63, 3.8) is 0 Å². The molecular weight excluding hydrogens is 334 g/mol. The van der Waals surface area contributed by atoms with E-state index < -0.39 is 10.8 Å². The van der Waals surface area contributed by atoms with Gasteiger partial charge in [0.2, 0.25) is 0 Å². The van der Waals surface area contributed by atoms with Gasteiger partial charge in [-0.2, -0.15) is 0 Å². The summed E-state index contributed by atoms with van der Waals surface area (Å²) in [5.41, 5.74) is 2.04. The van der Waals surface area contributed by atoms with Gasteiger partial charge >= 0.3 is 0 Å². The predicted octanol–water partition coefficient (Wildman–Crippen LogP) is 2.26. The molecule has 134 valence electrons. The number of hydrogen-bond donors (Lipinski definition) is 2.